The molecule has 0 fully saturated rings. The van der Waals surface area contributed by atoms with Gasteiger partial charge in [0.1, 0.15) is 5.82 Å². The minimum atomic E-state index is -0.403. The minimum Gasteiger partial charge on any atom is -0.370 e. The van der Waals surface area contributed by atoms with E-state index in [4.69, 9.17) is 28.3 Å². The maximum absolute atomic E-state index is 10.9. The highest BCUT2D eigenvalue weighted by atomic mass is 35.5. The lowest BCUT2D eigenvalue weighted by Gasteiger charge is -2.09. The predicted molar refractivity (Wildman–Crippen MR) is 111 cm³/mol. The number of rotatable bonds is 4. The number of hydrogen-bond acceptors (Lipinski definition) is 4. The number of nitrogens with zero attached hydrogens (tertiary/aromatic N) is 3. The largest absolute Gasteiger partial charge is 0.370 e. The van der Waals surface area contributed by atoms with E-state index < -0.39 is 4.92 Å². The van der Waals surface area contributed by atoms with Crippen LogP contribution in [0.1, 0.15) is 29.7 Å². The Morgan fingerprint density at radius 1 is 1.14 bits per heavy atom. The normalized spacial score (nSPS) is 13.5. The van der Waals surface area contributed by atoms with Gasteiger partial charge in [0.05, 0.1) is 16.3 Å². The summed E-state index contributed by atoms with van der Waals surface area (Å²) in [6.45, 7) is 0.868. The van der Waals surface area contributed by atoms with Crippen LogP contribution in [0.5, 0.6) is 0 Å². The summed E-state index contributed by atoms with van der Waals surface area (Å²) >= 11 is 12.4. The monoisotopic (exact) mass is 416 g/mol. The van der Waals surface area contributed by atoms with Gasteiger partial charge in [-0.25, -0.2) is 4.68 Å². The SMILES string of the molecule is O=[N+]([O-])c1ccc(-n2nc(Cc3ccc(Cl)cc3Cl)c3c2NCCCC3)cc1. The van der Waals surface area contributed by atoms with E-state index in [1.54, 1.807) is 18.2 Å². The molecule has 28 heavy (non-hydrogen) atoms. The molecule has 1 aliphatic rings. The average Bonchev–Trinajstić information content (AvgIpc) is 2.85. The molecule has 0 unspecified atom stereocenters. The van der Waals surface area contributed by atoms with Gasteiger partial charge in [0.15, 0.2) is 0 Å². The van der Waals surface area contributed by atoms with Crippen LogP contribution in [0.4, 0.5) is 11.5 Å². The number of hydrogen-bond donors (Lipinski definition) is 1. The zero-order chi connectivity index (χ0) is 19.7. The van der Waals surface area contributed by atoms with Crippen molar-refractivity contribution in [1.82, 2.24) is 9.78 Å². The number of anilines is 1. The van der Waals surface area contributed by atoms with Gasteiger partial charge in [0, 0.05) is 40.7 Å². The molecule has 0 spiro atoms. The molecule has 0 saturated carbocycles. The molecule has 1 N–H and O–H groups in total. The van der Waals surface area contributed by atoms with E-state index >= 15 is 0 Å². The van der Waals surface area contributed by atoms with Crippen LogP contribution in [0.2, 0.25) is 10.0 Å². The van der Waals surface area contributed by atoms with Crippen molar-refractivity contribution < 1.29 is 4.92 Å². The van der Waals surface area contributed by atoms with E-state index in [1.807, 2.05) is 16.8 Å². The molecule has 0 radical (unpaired) electrons. The van der Waals surface area contributed by atoms with Crippen molar-refractivity contribution in [2.75, 3.05) is 11.9 Å². The van der Waals surface area contributed by atoms with Crippen LogP contribution >= 0.6 is 23.2 Å². The number of nitrogens with one attached hydrogen (secondary N) is 1. The molecule has 3 aromatic rings. The number of nitro benzene ring substituents is 1. The van der Waals surface area contributed by atoms with E-state index in [-0.39, 0.29) is 5.69 Å². The van der Waals surface area contributed by atoms with E-state index in [1.165, 1.54) is 17.7 Å². The Labute approximate surface area is 172 Å². The Hall–Kier alpha value is -2.57. The molecule has 0 atom stereocenters. The summed E-state index contributed by atoms with van der Waals surface area (Å²) in [5.41, 5.74) is 3.92. The number of non-ortho nitro benzene ring substituents is 1. The fourth-order valence-electron chi connectivity index (χ4n) is 3.46. The standard InChI is InChI=1S/C20H18Cl2N4O2/c21-14-5-4-13(18(22)12-14)11-19-17-3-1-2-10-23-20(17)25(24-19)15-6-8-16(9-7-15)26(27)28/h4-9,12,23H,1-3,10-11H2. The number of fused-ring (bicyclic) bond motifs is 1. The van der Waals surface area contributed by atoms with Crippen LogP contribution in [-0.4, -0.2) is 21.2 Å². The molecule has 0 bridgehead atoms. The summed E-state index contributed by atoms with van der Waals surface area (Å²) in [5, 5.41) is 20.5. The fraction of sp³-hybridized carbons (Fsp3) is 0.250. The maximum Gasteiger partial charge on any atom is 0.269 e. The third-order valence-electron chi connectivity index (χ3n) is 4.89. The van der Waals surface area contributed by atoms with E-state index in [9.17, 15) is 10.1 Å². The number of benzene rings is 2. The van der Waals surface area contributed by atoms with Crippen LogP contribution in [0.25, 0.3) is 5.69 Å². The summed E-state index contributed by atoms with van der Waals surface area (Å²) in [6, 6.07) is 11.9. The van der Waals surface area contributed by atoms with Crippen LogP contribution in [0.3, 0.4) is 0 Å². The highest BCUT2D eigenvalue weighted by Crippen LogP contribution is 2.31. The van der Waals surface area contributed by atoms with Crippen molar-refractivity contribution in [3.05, 3.63) is 79.4 Å². The third-order valence-corrected chi connectivity index (χ3v) is 5.48. The molecule has 0 amide bonds. The first-order chi connectivity index (χ1) is 13.5. The summed E-state index contributed by atoms with van der Waals surface area (Å²) in [7, 11) is 0. The molecule has 144 valence electrons. The van der Waals surface area contributed by atoms with Gasteiger partial charge < -0.3 is 5.32 Å². The Morgan fingerprint density at radius 2 is 1.93 bits per heavy atom. The third kappa shape index (κ3) is 3.70. The smallest absolute Gasteiger partial charge is 0.269 e. The van der Waals surface area contributed by atoms with Crippen molar-refractivity contribution in [1.29, 1.82) is 0 Å². The molecule has 2 heterocycles. The quantitative estimate of drug-likeness (QED) is 0.454. The van der Waals surface area contributed by atoms with Gasteiger partial charge in [-0.05, 0) is 49.1 Å². The molecule has 0 saturated heterocycles. The van der Waals surface area contributed by atoms with Crippen molar-refractivity contribution >= 4 is 34.7 Å². The molecule has 4 rings (SSSR count). The fourth-order valence-corrected chi connectivity index (χ4v) is 3.94. The van der Waals surface area contributed by atoms with Crippen molar-refractivity contribution in [3.8, 4) is 5.69 Å². The number of halogens is 2. The van der Waals surface area contributed by atoms with Gasteiger partial charge in [-0.3, -0.25) is 10.1 Å². The summed E-state index contributed by atoms with van der Waals surface area (Å²) in [6.07, 6.45) is 3.68. The highest BCUT2D eigenvalue weighted by molar-refractivity contribution is 6.35. The van der Waals surface area contributed by atoms with Crippen LogP contribution in [0.15, 0.2) is 42.5 Å². The Bertz CT molecular complexity index is 1030. The first-order valence-electron chi connectivity index (χ1n) is 9.06. The minimum absolute atomic E-state index is 0.0584. The zero-order valence-electron chi connectivity index (χ0n) is 15.0. The average molecular weight is 417 g/mol. The molecule has 2 aromatic carbocycles. The molecule has 6 nitrogen and oxygen atoms in total. The van der Waals surface area contributed by atoms with Gasteiger partial charge in [-0.15, -0.1) is 0 Å². The first kappa shape index (κ1) is 18.8. The van der Waals surface area contributed by atoms with Crippen molar-refractivity contribution in [2.24, 2.45) is 0 Å². The summed E-state index contributed by atoms with van der Waals surface area (Å²) in [5.74, 6) is 0.950. The highest BCUT2D eigenvalue weighted by Gasteiger charge is 2.21. The molecular weight excluding hydrogens is 399 g/mol. The van der Waals surface area contributed by atoms with E-state index in [0.29, 0.717) is 16.5 Å². The zero-order valence-corrected chi connectivity index (χ0v) is 16.5. The molecule has 0 aliphatic carbocycles. The molecule has 1 aliphatic heterocycles. The molecular formula is C20H18Cl2N4O2. The Kier molecular flexibility index (Phi) is 5.24. The Balaban J connectivity index is 1.76. The van der Waals surface area contributed by atoms with E-state index in [0.717, 1.165) is 48.6 Å². The van der Waals surface area contributed by atoms with Gasteiger partial charge >= 0.3 is 0 Å². The van der Waals surface area contributed by atoms with Gasteiger partial charge in [-0.1, -0.05) is 29.3 Å². The summed E-state index contributed by atoms with van der Waals surface area (Å²) in [4.78, 5) is 10.5. The predicted octanol–water partition coefficient (Wildman–Crippen LogP) is 5.43. The van der Waals surface area contributed by atoms with Gasteiger partial charge in [-0.2, -0.15) is 5.10 Å². The lowest BCUT2D eigenvalue weighted by Crippen LogP contribution is -2.07. The van der Waals surface area contributed by atoms with Crippen LogP contribution in [0, 0.1) is 10.1 Å². The molecule has 1 aromatic heterocycles. The second-order valence-electron chi connectivity index (χ2n) is 6.76. The van der Waals surface area contributed by atoms with Crippen LogP contribution in [-0.2, 0) is 12.8 Å². The van der Waals surface area contributed by atoms with Crippen LogP contribution < -0.4 is 5.32 Å². The van der Waals surface area contributed by atoms with Crippen molar-refractivity contribution in [2.45, 2.75) is 25.7 Å². The maximum atomic E-state index is 10.9. The van der Waals surface area contributed by atoms with Gasteiger partial charge in [0.25, 0.3) is 5.69 Å². The topological polar surface area (TPSA) is 73.0 Å². The second kappa shape index (κ2) is 7.81. The van der Waals surface area contributed by atoms with Gasteiger partial charge in [0.2, 0.25) is 0 Å². The lowest BCUT2D eigenvalue weighted by atomic mass is 10.0. The first-order valence-corrected chi connectivity index (χ1v) is 9.82. The van der Waals surface area contributed by atoms with Crippen molar-refractivity contribution in [3.63, 3.8) is 0 Å². The second-order valence-corrected chi connectivity index (χ2v) is 7.60. The number of nitro groups is 1. The lowest BCUT2D eigenvalue weighted by molar-refractivity contribution is -0.384. The number of aromatic nitrogens is 2. The molecule has 8 heteroatoms. The van der Waals surface area contributed by atoms with E-state index in [2.05, 4.69) is 5.32 Å². The summed E-state index contributed by atoms with van der Waals surface area (Å²) < 4.78 is 1.84. The Morgan fingerprint density at radius 3 is 2.64 bits per heavy atom.